The molecular weight excluding hydrogens is 279 g/mol. The van der Waals surface area contributed by atoms with Gasteiger partial charge in [-0.05, 0) is 22.9 Å². The van der Waals surface area contributed by atoms with Crippen molar-refractivity contribution in [3.8, 4) is 11.5 Å². The standard InChI is InChI=1S/C11H12BrFO3/c1-6(14)9-10(13)7(12)5-8-11(9)16-4-2-3-15-8/h5-6,14H,2-4H2,1H3. The van der Waals surface area contributed by atoms with Crippen molar-refractivity contribution in [1.29, 1.82) is 0 Å². The summed E-state index contributed by atoms with van der Waals surface area (Å²) in [7, 11) is 0. The van der Waals surface area contributed by atoms with E-state index in [4.69, 9.17) is 9.47 Å². The number of benzene rings is 1. The summed E-state index contributed by atoms with van der Waals surface area (Å²) in [6, 6.07) is 1.53. The SMILES string of the molecule is CC(O)c1c(F)c(Br)cc2c1OCCCO2. The fourth-order valence-electron chi connectivity index (χ4n) is 1.65. The van der Waals surface area contributed by atoms with Crippen LogP contribution in [0, 0.1) is 5.82 Å². The number of rotatable bonds is 1. The second-order valence-corrected chi connectivity index (χ2v) is 4.49. The molecule has 2 rings (SSSR count). The molecule has 1 unspecified atom stereocenters. The average molecular weight is 291 g/mol. The van der Waals surface area contributed by atoms with E-state index in [0.29, 0.717) is 24.7 Å². The van der Waals surface area contributed by atoms with Crippen molar-refractivity contribution in [3.05, 3.63) is 21.9 Å². The van der Waals surface area contributed by atoms with Crippen LogP contribution in [0.5, 0.6) is 11.5 Å². The Labute approximate surface area is 101 Å². The first-order valence-corrected chi connectivity index (χ1v) is 5.86. The van der Waals surface area contributed by atoms with Crippen molar-refractivity contribution in [3.63, 3.8) is 0 Å². The molecule has 88 valence electrons. The molecule has 0 fully saturated rings. The van der Waals surface area contributed by atoms with Gasteiger partial charge in [-0.1, -0.05) is 0 Å². The Balaban J connectivity index is 2.60. The fraction of sp³-hybridized carbons (Fsp3) is 0.455. The molecule has 0 saturated heterocycles. The van der Waals surface area contributed by atoms with Crippen LogP contribution in [0.3, 0.4) is 0 Å². The highest BCUT2D eigenvalue weighted by Crippen LogP contribution is 2.41. The predicted molar refractivity (Wildman–Crippen MR) is 60.3 cm³/mol. The summed E-state index contributed by atoms with van der Waals surface area (Å²) in [5, 5.41) is 9.58. The first-order valence-electron chi connectivity index (χ1n) is 5.07. The molecule has 5 heteroatoms. The number of fused-ring (bicyclic) bond motifs is 1. The maximum atomic E-state index is 13.8. The lowest BCUT2D eigenvalue weighted by Crippen LogP contribution is -2.04. The Bertz CT molecular complexity index is 407. The molecule has 0 saturated carbocycles. The zero-order chi connectivity index (χ0) is 11.7. The molecular formula is C11H12BrFO3. The molecule has 1 heterocycles. The first-order chi connectivity index (χ1) is 7.61. The van der Waals surface area contributed by atoms with Gasteiger partial charge in [0.05, 0.1) is 29.4 Å². The molecule has 0 spiro atoms. The highest BCUT2D eigenvalue weighted by molar-refractivity contribution is 9.10. The number of hydrogen-bond donors (Lipinski definition) is 1. The summed E-state index contributed by atoms with van der Waals surface area (Å²) in [6.07, 6.45) is -0.194. The van der Waals surface area contributed by atoms with E-state index in [1.165, 1.54) is 13.0 Å². The van der Waals surface area contributed by atoms with Gasteiger partial charge in [0.25, 0.3) is 0 Å². The molecule has 1 aliphatic rings. The molecule has 3 nitrogen and oxygen atoms in total. The number of hydrogen-bond acceptors (Lipinski definition) is 3. The van der Waals surface area contributed by atoms with Crippen molar-refractivity contribution in [2.24, 2.45) is 0 Å². The third kappa shape index (κ3) is 2.01. The zero-order valence-electron chi connectivity index (χ0n) is 8.80. The fourth-order valence-corrected chi connectivity index (χ4v) is 2.07. The van der Waals surface area contributed by atoms with E-state index in [2.05, 4.69) is 15.9 Å². The monoisotopic (exact) mass is 290 g/mol. The Hall–Kier alpha value is -0.810. The van der Waals surface area contributed by atoms with Crippen molar-refractivity contribution in [2.75, 3.05) is 13.2 Å². The summed E-state index contributed by atoms with van der Waals surface area (Å²) in [4.78, 5) is 0. The third-order valence-electron chi connectivity index (χ3n) is 2.38. The first kappa shape index (κ1) is 11.7. The zero-order valence-corrected chi connectivity index (χ0v) is 10.4. The van der Waals surface area contributed by atoms with E-state index in [0.717, 1.165) is 6.42 Å². The summed E-state index contributed by atoms with van der Waals surface area (Å²) in [6.45, 7) is 2.50. The van der Waals surface area contributed by atoms with Crippen LogP contribution in [-0.4, -0.2) is 18.3 Å². The lowest BCUT2D eigenvalue weighted by molar-refractivity contribution is 0.185. The van der Waals surface area contributed by atoms with Crippen LogP contribution in [0.4, 0.5) is 4.39 Å². The molecule has 0 amide bonds. The minimum Gasteiger partial charge on any atom is -0.490 e. The Morgan fingerprint density at radius 2 is 2.12 bits per heavy atom. The molecule has 1 aromatic carbocycles. The molecule has 0 aromatic heterocycles. The van der Waals surface area contributed by atoms with E-state index in [1.807, 2.05) is 0 Å². The van der Waals surface area contributed by atoms with Gasteiger partial charge in [0.1, 0.15) is 5.82 Å². The van der Waals surface area contributed by atoms with Crippen LogP contribution in [0.25, 0.3) is 0 Å². The van der Waals surface area contributed by atoms with Crippen LogP contribution in [0.2, 0.25) is 0 Å². The summed E-state index contributed by atoms with van der Waals surface area (Å²) in [5.74, 6) is 0.286. The predicted octanol–water partition coefficient (Wildman–Crippen LogP) is 2.80. The Kier molecular flexibility index (Phi) is 3.35. The van der Waals surface area contributed by atoms with E-state index >= 15 is 0 Å². The van der Waals surface area contributed by atoms with Gasteiger partial charge < -0.3 is 14.6 Å². The van der Waals surface area contributed by atoms with Gasteiger partial charge in [0.15, 0.2) is 11.5 Å². The van der Waals surface area contributed by atoms with Gasteiger partial charge >= 0.3 is 0 Å². The molecule has 1 N–H and O–H groups in total. The van der Waals surface area contributed by atoms with Gasteiger partial charge in [-0.3, -0.25) is 0 Å². The largest absolute Gasteiger partial charge is 0.490 e. The quantitative estimate of drug-likeness (QED) is 0.864. The maximum Gasteiger partial charge on any atom is 0.169 e. The smallest absolute Gasteiger partial charge is 0.169 e. The van der Waals surface area contributed by atoms with Crippen molar-refractivity contribution >= 4 is 15.9 Å². The molecule has 1 aromatic rings. The van der Waals surface area contributed by atoms with Gasteiger partial charge in [-0.15, -0.1) is 0 Å². The lowest BCUT2D eigenvalue weighted by Gasteiger charge is -2.16. The highest BCUT2D eigenvalue weighted by Gasteiger charge is 2.24. The Morgan fingerprint density at radius 1 is 1.44 bits per heavy atom. The highest BCUT2D eigenvalue weighted by atomic mass is 79.9. The van der Waals surface area contributed by atoms with E-state index in [1.54, 1.807) is 0 Å². The van der Waals surface area contributed by atoms with Gasteiger partial charge in [-0.2, -0.15) is 0 Å². The van der Waals surface area contributed by atoms with Crippen molar-refractivity contribution in [2.45, 2.75) is 19.4 Å². The second kappa shape index (κ2) is 4.59. The molecule has 1 atom stereocenters. The number of halogens is 2. The van der Waals surface area contributed by atoms with E-state index in [-0.39, 0.29) is 10.0 Å². The topological polar surface area (TPSA) is 38.7 Å². The van der Waals surface area contributed by atoms with Crippen LogP contribution < -0.4 is 9.47 Å². The van der Waals surface area contributed by atoms with Gasteiger partial charge in [0.2, 0.25) is 0 Å². The minimum atomic E-state index is -0.937. The van der Waals surface area contributed by atoms with Gasteiger partial charge in [-0.25, -0.2) is 4.39 Å². The normalized spacial score (nSPS) is 16.8. The van der Waals surface area contributed by atoms with Crippen LogP contribution in [-0.2, 0) is 0 Å². The second-order valence-electron chi connectivity index (χ2n) is 3.64. The molecule has 16 heavy (non-hydrogen) atoms. The van der Waals surface area contributed by atoms with Gasteiger partial charge in [0, 0.05) is 12.5 Å². The molecule has 0 bridgehead atoms. The molecule has 0 radical (unpaired) electrons. The third-order valence-corrected chi connectivity index (χ3v) is 2.96. The van der Waals surface area contributed by atoms with Crippen LogP contribution >= 0.6 is 15.9 Å². The maximum absolute atomic E-state index is 13.8. The molecule has 1 aliphatic heterocycles. The average Bonchev–Trinajstić information content (AvgIpc) is 2.44. The van der Waals surface area contributed by atoms with E-state index in [9.17, 15) is 9.50 Å². The lowest BCUT2D eigenvalue weighted by atomic mass is 10.1. The molecule has 0 aliphatic carbocycles. The van der Waals surface area contributed by atoms with Crippen LogP contribution in [0.15, 0.2) is 10.5 Å². The minimum absolute atomic E-state index is 0.145. The number of aliphatic hydroxyl groups is 1. The van der Waals surface area contributed by atoms with E-state index < -0.39 is 11.9 Å². The van der Waals surface area contributed by atoms with Crippen molar-refractivity contribution < 1.29 is 19.0 Å². The van der Waals surface area contributed by atoms with Crippen molar-refractivity contribution in [1.82, 2.24) is 0 Å². The summed E-state index contributed by atoms with van der Waals surface area (Å²) in [5.41, 5.74) is 0.145. The van der Waals surface area contributed by atoms with Crippen LogP contribution in [0.1, 0.15) is 25.0 Å². The summed E-state index contributed by atoms with van der Waals surface area (Å²) >= 11 is 3.10. The number of aliphatic hydroxyl groups excluding tert-OH is 1. The summed E-state index contributed by atoms with van der Waals surface area (Å²) < 4.78 is 25.0. The Morgan fingerprint density at radius 3 is 2.81 bits per heavy atom. The number of ether oxygens (including phenoxy) is 2.